The first-order valence-corrected chi connectivity index (χ1v) is 10.9. The molecular formula is C29H19N3. The van der Waals surface area contributed by atoms with Gasteiger partial charge in [0.15, 0.2) is 5.82 Å². The summed E-state index contributed by atoms with van der Waals surface area (Å²) in [6.07, 6.45) is 2.91. The summed E-state index contributed by atoms with van der Waals surface area (Å²) in [6.45, 7) is 0. The fourth-order valence-corrected chi connectivity index (χ4v) is 5.07. The standard InChI is InChI=1S/C29H19N3/c1-2-10-21(11-3-1)32-25-15-7-6-13-23(25)27-24(14-8-16-26(27)32)29-30-18-20-17-19-9-4-5-12-22(19)28(20)31-29/h1-16,18H,17H2. The average Bonchev–Trinajstić information content (AvgIpc) is 3.40. The highest BCUT2D eigenvalue weighted by atomic mass is 15.0. The second-order valence-corrected chi connectivity index (χ2v) is 8.29. The highest BCUT2D eigenvalue weighted by molar-refractivity contribution is 6.15. The summed E-state index contributed by atoms with van der Waals surface area (Å²) in [6, 6.07) is 34.1. The summed E-state index contributed by atoms with van der Waals surface area (Å²) >= 11 is 0. The van der Waals surface area contributed by atoms with E-state index in [9.17, 15) is 0 Å². The second-order valence-electron chi connectivity index (χ2n) is 8.29. The number of aromatic nitrogens is 3. The molecule has 0 unspecified atom stereocenters. The molecule has 0 fully saturated rings. The van der Waals surface area contributed by atoms with Crippen LogP contribution in [0.25, 0.3) is 50.1 Å². The average molecular weight is 409 g/mol. The molecule has 3 heteroatoms. The maximum absolute atomic E-state index is 5.08. The predicted octanol–water partition coefficient (Wildman–Crippen LogP) is 6.81. The van der Waals surface area contributed by atoms with E-state index in [1.54, 1.807) is 0 Å². The van der Waals surface area contributed by atoms with E-state index in [-0.39, 0.29) is 0 Å². The number of fused-ring (bicyclic) bond motifs is 6. The number of nitrogens with zero attached hydrogens (tertiary/aromatic N) is 3. The third-order valence-corrected chi connectivity index (χ3v) is 6.47. The van der Waals surface area contributed by atoms with E-state index in [4.69, 9.17) is 9.97 Å². The Morgan fingerprint density at radius 3 is 2.31 bits per heavy atom. The van der Waals surface area contributed by atoms with Crippen LogP contribution in [0.4, 0.5) is 0 Å². The Morgan fingerprint density at radius 2 is 1.38 bits per heavy atom. The van der Waals surface area contributed by atoms with Gasteiger partial charge in [-0.15, -0.1) is 0 Å². The van der Waals surface area contributed by atoms with E-state index in [1.165, 1.54) is 38.5 Å². The minimum atomic E-state index is 0.780. The zero-order chi connectivity index (χ0) is 21.1. The van der Waals surface area contributed by atoms with Gasteiger partial charge in [0.1, 0.15) is 0 Å². The summed E-state index contributed by atoms with van der Waals surface area (Å²) in [5, 5.41) is 2.41. The van der Waals surface area contributed by atoms with E-state index in [0.717, 1.165) is 29.2 Å². The van der Waals surface area contributed by atoms with E-state index in [2.05, 4.69) is 102 Å². The van der Waals surface area contributed by atoms with E-state index >= 15 is 0 Å². The first-order valence-electron chi connectivity index (χ1n) is 10.9. The van der Waals surface area contributed by atoms with Crippen LogP contribution in [-0.4, -0.2) is 14.5 Å². The van der Waals surface area contributed by atoms with Crippen molar-refractivity contribution in [3.8, 4) is 28.3 Å². The Bertz CT molecular complexity index is 1640. The molecule has 0 radical (unpaired) electrons. The van der Waals surface area contributed by atoms with Crippen molar-refractivity contribution in [3.05, 3.63) is 114 Å². The van der Waals surface area contributed by atoms with Gasteiger partial charge in [0.25, 0.3) is 0 Å². The quantitative estimate of drug-likeness (QED) is 0.314. The largest absolute Gasteiger partial charge is 0.309 e. The maximum atomic E-state index is 5.08. The van der Waals surface area contributed by atoms with Crippen LogP contribution in [-0.2, 0) is 6.42 Å². The van der Waals surface area contributed by atoms with Crippen molar-refractivity contribution in [2.24, 2.45) is 0 Å². The van der Waals surface area contributed by atoms with Crippen molar-refractivity contribution in [1.82, 2.24) is 14.5 Å². The molecule has 150 valence electrons. The minimum absolute atomic E-state index is 0.780. The Hall–Kier alpha value is -4.24. The molecule has 0 spiro atoms. The Balaban J connectivity index is 1.53. The topological polar surface area (TPSA) is 30.7 Å². The molecule has 4 aromatic carbocycles. The summed E-state index contributed by atoms with van der Waals surface area (Å²) in [7, 11) is 0. The van der Waals surface area contributed by atoms with Crippen LogP contribution in [0.15, 0.2) is 103 Å². The van der Waals surface area contributed by atoms with E-state index < -0.39 is 0 Å². The first kappa shape index (κ1) is 17.4. The van der Waals surface area contributed by atoms with Crippen molar-refractivity contribution in [2.75, 3.05) is 0 Å². The van der Waals surface area contributed by atoms with E-state index in [1.807, 2.05) is 6.20 Å². The Morgan fingerprint density at radius 1 is 0.625 bits per heavy atom. The molecule has 2 aromatic heterocycles. The molecule has 3 nitrogen and oxygen atoms in total. The van der Waals surface area contributed by atoms with E-state index in [0.29, 0.717) is 0 Å². The third-order valence-electron chi connectivity index (χ3n) is 6.47. The van der Waals surface area contributed by atoms with Crippen LogP contribution in [0, 0.1) is 0 Å². The molecule has 0 atom stereocenters. The minimum Gasteiger partial charge on any atom is -0.309 e. The predicted molar refractivity (Wildman–Crippen MR) is 130 cm³/mol. The van der Waals surface area contributed by atoms with Crippen molar-refractivity contribution in [3.63, 3.8) is 0 Å². The summed E-state index contributed by atoms with van der Waals surface area (Å²) in [4.78, 5) is 9.91. The molecule has 1 aliphatic rings. The lowest BCUT2D eigenvalue weighted by molar-refractivity contribution is 1.13. The molecule has 0 saturated carbocycles. The number of hydrogen-bond acceptors (Lipinski definition) is 2. The van der Waals surface area contributed by atoms with Crippen LogP contribution in [0.1, 0.15) is 11.1 Å². The molecule has 0 saturated heterocycles. The van der Waals surface area contributed by atoms with Gasteiger partial charge in [0.2, 0.25) is 0 Å². The van der Waals surface area contributed by atoms with Crippen LogP contribution >= 0.6 is 0 Å². The lowest BCUT2D eigenvalue weighted by Crippen LogP contribution is -1.95. The molecule has 7 rings (SSSR count). The number of para-hydroxylation sites is 2. The van der Waals surface area contributed by atoms with Gasteiger partial charge in [0, 0.05) is 45.8 Å². The van der Waals surface area contributed by atoms with Gasteiger partial charge < -0.3 is 4.57 Å². The molecule has 0 amide bonds. The number of hydrogen-bond donors (Lipinski definition) is 0. The van der Waals surface area contributed by atoms with Gasteiger partial charge in [-0.2, -0.15) is 0 Å². The fraction of sp³-hybridized carbons (Fsp3) is 0.0345. The van der Waals surface area contributed by atoms with Crippen molar-refractivity contribution in [2.45, 2.75) is 6.42 Å². The SMILES string of the molecule is c1ccc(-n2c3ccccc3c3c(-c4ncc5c(n4)-c4ccccc4C5)cccc32)cc1. The third kappa shape index (κ3) is 2.42. The molecular weight excluding hydrogens is 390 g/mol. The maximum Gasteiger partial charge on any atom is 0.160 e. The highest BCUT2D eigenvalue weighted by Crippen LogP contribution is 2.39. The lowest BCUT2D eigenvalue weighted by atomic mass is 10.1. The Kier molecular flexibility index (Phi) is 3.61. The molecule has 0 bridgehead atoms. The molecule has 0 aliphatic heterocycles. The van der Waals surface area contributed by atoms with Crippen LogP contribution in [0.3, 0.4) is 0 Å². The molecule has 1 aliphatic carbocycles. The summed E-state index contributed by atoms with van der Waals surface area (Å²) in [5.41, 5.74) is 9.40. The number of benzene rings is 4. The van der Waals surface area contributed by atoms with Gasteiger partial charge in [-0.25, -0.2) is 9.97 Å². The van der Waals surface area contributed by atoms with Crippen LogP contribution in [0.2, 0.25) is 0 Å². The Labute approximate surface area is 185 Å². The first-order chi connectivity index (χ1) is 15.9. The highest BCUT2D eigenvalue weighted by Gasteiger charge is 2.22. The van der Waals surface area contributed by atoms with Gasteiger partial charge in [0.05, 0.1) is 16.7 Å². The van der Waals surface area contributed by atoms with Crippen LogP contribution < -0.4 is 0 Å². The van der Waals surface area contributed by atoms with Crippen molar-refractivity contribution >= 4 is 21.8 Å². The number of rotatable bonds is 2. The van der Waals surface area contributed by atoms with Gasteiger partial charge >= 0.3 is 0 Å². The van der Waals surface area contributed by atoms with Crippen LogP contribution in [0.5, 0.6) is 0 Å². The molecule has 6 aromatic rings. The fourth-order valence-electron chi connectivity index (χ4n) is 5.07. The van der Waals surface area contributed by atoms with Crippen molar-refractivity contribution < 1.29 is 0 Å². The normalized spacial score (nSPS) is 12.2. The molecule has 2 heterocycles. The summed E-state index contributed by atoms with van der Waals surface area (Å²) < 4.78 is 2.33. The monoisotopic (exact) mass is 409 g/mol. The van der Waals surface area contributed by atoms with Gasteiger partial charge in [-0.3, -0.25) is 0 Å². The second kappa shape index (κ2) is 6.63. The molecule has 0 N–H and O–H groups in total. The zero-order valence-corrected chi connectivity index (χ0v) is 17.4. The van der Waals surface area contributed by atoms with Crippen molar-refractivity contribution in [1.29, 1.82) is 0 Å². The smallest absolute Gasteiger partial charge is 0.160 e. The molecule has 32 heavy (non-hydrogen) atoms. The lowest BCUT2D eigenvalue weighted by Gasteiger charge is -2.08. The summed E-state index contributed by atoms with van der Waals surface area (Å²) in [5.74, 6) is 0.780. The zero-order valence-electron chi connectivity index (χ0n) is 17.4. The van der Waals surface area contributed by atoms with Gasteiger partial charge in [-0.05, 0) is 29.8 Å². The van der Waals surface area contributed by atoms with Gasteiger partial charge in [-0.1, -0.05) is 72.8 Å².